The lowest BCUT2D eigenvalue weighted by atomic mass is 10.1. The number of halogens is 1. The number of aromatic nitrogens is 2. The highest BCUT2D eigenvalue weighted by Crippen LogP contribution is 2.17. The van der Waals surface area contributed by atoms with Gasteiger partial charge < -0.3 is 5.32 Å². The molecule has 0 bridgehead atoms. The van der Waals surface area contributed by atoms with Crippen molar-refractivity contribution < 1.29 is 4.39 Å². The molecule has 0 aliphatic rings. The summed E-state index contributed by atoms with van der Waals surface area (Å²) in [6.07, 6.45) is 4.83. The molecule has 2 aromatic rings. The van der Waals surface area contributed by atoms with Crippen molar-refractivity contribution in [2.24, 2.45) is 0 Å². The molecule has 2 aromatic heterocycles. The van der Waals surface area contributed by atoms with Crippen molar-refractivity contribution in [1.82, 2.24) is 15.3 Å². The molecule has 0 fully saturated rings. The van der Waals surface area contributed by atoms with Crippen LogP contribution in [0.25, 0.3) is 0 Å². The molecule has 3 nitrogen and oxygen atoms in total. The van der Waals surface area contributed by atoms with Crippen LogP contribution in [-0.2, 0) is 0 Å². The van der Waals surface area contributed by atoms with Crippen LogP contribution in [0.1, 0.15) is 37.2 Å². The zero-order chi connectivity index (χ0) is 13.0. The number of hydrogen-bond donors (Lipinski definition) is 1. The van der Waals surface area contributed by atoms with Crippen LogP contribution >= 0.6 is 0 Å². The average molecular weight is 245 g/mol. The van der Waals surface area contributed by atoms with Crippen molar-refractivity contribution in [3.05, 3.63) is 59.9 Å². The summed E-state index contributed by atoms with van der Waals surface area (Å²) in [4.78, 5) is 8.16. The lowest BCUT2D eigenvalue weighted by Gasteiger charge is -2.19. The standard InChI is InChI=1S/C14H16FN3/c1-10(12-4-3-7-16-8-12)18-11(2)14-6-5-13(15)9-17-14/h3-11,18H,1-2H3/t10-,11?/m0/s1. The van der Waals surface area contributed by atoms with Gasteiger partial charge in [-0.1, -0.05) is 6.07 Å². The van der Waals surface area contributed by atoms with Gasteiger partial charge in [0.05, 0.1) is 11.9 Å². The first-order valence-corrected chi connectivity index (χ1v) is 5.94. The fraction of sp³-hybridized carbons (Fsp3) is 0.286. The van der Waals surface area contributed by atoms with E-state index < -0.39 is 0 Å². The summed E-state index contributed by atoms with van der Waals surface area (Å²) < 4.78 is 12.8. The molecule has 1 unspecified atom stereocenters. The molecule has 0 aliphatic heterocycles. The van der Waals surface area contributed by atoms with Crippen molar-refractivity contribution in [2.75, 3.05) is 0 Å². The van der Waals surface area contributed by atoms with Crippen LogP contribution in [0.5, 0.6) is 0 Å². The number of nitrogens with zero attached hydrogens (tertiary/aromatic N) is 2. The van der Waals surface area contributed by atoms with Crippen LogP contribution in [-0.4, -0.2) is 9.97 Å². The molecule has 2 rings (SSSR count). The predicted molar refractivity (Wildman–Crippen MR) is 68.4 cm³/mol. The van der Waals surface area contributed by atoms with E-state index in [1.54, 1.807) is 12.3 Å². The number of pyridine rings is 2. The van der Waals surface area contributed by atoms with E-state index in [1.807, 2.05) is 25.3 Å². The smallest absolute Gasteiger partial charge is 0.141 e. The third-order valence-electron chi connectivity index (χ3n) is 2.88. The van der Waals surface area contributed by atoms with E-state index in [1.165, 1.54) is 12.3 Å². The topological polar surface area (TPSA) is 37.8 Å². The number of rotatable bonds is 4. The van der Waals surface area contributed by atoms with E-state index >= 15 is 0 Å². The Bertz CT molecular complexity index is 484. The van der Waals surface area contributed by atoms with Crippen LogP contribution in [0, 0.1) is 5.82 Å². The molecule has 1 N–H and O–H groups in total. The predicted octanol–water partition coefficient (Wildman–Crippen LogP) is 3.03. The molecule has 18 heavy (non-hydrogen) atoms. The number of hydrogen-bond acceptors (Lipinski definition) is 3. The van der Waals surface area contributed by atoms with E-state index in [-0.39, 0.29) is 17.9 Å². The molecule has 0 spiro atoms. The van der Waals surface area contributed by atoms with E-state index in [0.717, 1.165) is 11.3 Å². The Morgan fingerprint density at radius 3 is 2.56 bits per heavy atom. The second-order valence-electron chi connectivity index (χ2n) is 4.30. The Morgan fingerprint density at radius 2 is 1.94 bits per heavy atom. The molecule has 0 radical (unpaired) electrons. The third kappa shape index (κ3) is 3.11. The minimum atomic E-state index is -0.314. The summed E-state index contributed by atoms with van der Waals surface area (Å²) >= 11 is 0. The normalized spacial score (nSPS) is 14.2. The van der Waals surface area contributed by atoms with Gasteiger partial charge in [0.1, 0.15) is 5.82 Å². The minimum Gasteiger partial charge on any atom is -0.302 e. The van der Waals surface area contributed by atoms with Gasteiger partial charge in [-0.25, -0.2) is 4.39 Å². The molecule has 94 valence electrons. The summed E-state index contributed by atoms with van der Waals surface area (Å²) in [6, 6.07) is 7.28. The first kappa shape index (κ1) is 12.6. The van der Waals surface area contributed by atoms with Gasteiger partial charge in [-0.2, -0.15) is 0 Å². The van der Waals surface area contributed by atoms with Crippen LogP contribution in [0.15, 0.2) is 42.9 Å². The Labute approximate surface area is 106 Å². The Balaban J connectivity index is 2.03. The molecular formula is C14H16FN3. The maximum atomic E-state index is 12.8. The summed E-state index contributed by atoms with van der Waals surface area (Å²) in [6.45, 7) is 4.07. The molecule has 0 saturated heterocycles. The molecule has 2 heterocycles. The molecule has 0 aliphatic carbocycles. The summed E-state index contributed by atoms with van der Waals surface area (Å²) in [5.74, 6) is -0.314. The highest BCUT2D eigenvalue weighted by molar-refractivity contribution is 5.15. The summed E-state index contributed by atoms with van der Waals surface area (Å²) in [7, 11) is 0. The lowest BCUT2D eigenvalue weighted by molar-refractivity contribution is 0.483. The van der Waals surface area contributed by atoms with Gasteiger partial charge in [-0.15, -0.1) is 0 Å². The fourth-order valence-corrected chi connectivity index (χ4v) is 1.83. The fourth-order valence-electron chi connectivity index (χ4n) is 1.83. The van der Waals surface area contributed by atoms with E-state index in [0.29, 0.717) is 0 Å². The maximum absolute atomic E-state index is 12.8. The SMILES string of the molecule is CC(N[C@@H](C)c1cccnc1)c1ccc(F)cn1. The van der Waals surface area contributed by atoms with Crippen LogP contribution in [0.4, 0.5) is 4.39 Å². The monoisotopic (exact) mass is 245 g/mol. The molecule has 2 atom stereocenters. The molecular weight excluding hydrogens is 229 g/mol. The Hall–Kier alpha value is -1.81. The van der Waals surface area contributed by atoms with Crippen LogP contribution in [0.3, 0.4) is 0 Å². The highest BCUT2D eigenvalue weighted by Gasteiger charge is 2.12. The Morgan fingerprint density at radius 1 is 1.11 bits per heavy atom. The van der Waals surface area contributed by atoms with Gasteiger partial charge in [-0.3, -0.25) is 9.97 Å². The van der Waals surface area contributed by atoms with Gasteiger partial charge in [0, 0.05) is 24.5 Å². The second kappa shape index (κ2) is 5.69. The van der Waals surface area contributed by atoms with E-state index in [2.05, 4.69) is 22.2 Å². The quantitative estimate of drug-likeness (QED) is 0.899. The van der Waals surface area contributed by atoms with Crippen molar-refractivity contribution in [3.63, 3.8) is 0 Å². The molecule has 0 saturated carbocycles. The summed E-state index contributed by atoms with van der Waals surface area (Å²) in [5, 5.41) is 3.41. The van der Waals surface area contributed by atoms with Crippen molar-refractivity contribution in [2.45, 2.75) is 25.9 Å². The van der Waals surface area contributed by atoms with Gasteiger partial charge in [-0.05, 0) is 37.6 Å². The largest absolute Gasteiger partial charge is 0.302 e. The lowest BCUT2D eigenvalue weighted by Crippen LogP contribution is -2.23. The first-order chi connectivity index (χ1) is 8.66. The third-order valence-corrected chi connectivity index (χ3v) is 2.88. The minimum absolute atomic E-state index is 0.0563. The van der Waals surface area contributed by atoms with Crippen molar-refractivity contribution in [3.8, 4) is 0 Å². The second-order valence-corrected chi connectivity index (χ2v) is 4.30. The molecule has 0 aromatic carbocycles. The Kier molecular flexibility index (Phi) is 3.99. The van der Waals surface area contributed by atoms with Crippen molar-refractivity contribution >= 4 is 0 Å². The first-order valence-electron chi connectivity index (χ1n) is 5.94. The zero-order valence-electron chi connectivity index (χ0n) is 10.5. The zero-order valence-corrected chi connectivity index (χ0v) is 10.5. The molecule has 0 amide bonds. The van der Waals surface area contributed by atoms with Gasteiger partial charge in [0.25, 0.3) is 0 Å². The number of nitrogens with one attached hydrogen (secondary N) is 1. The average Bonchev–Trinajstić information content (AvgIpc) is 2.40. The van der Waals surface area contributed by atoms with Gasteiger partial charge >= 0.3 is 0 Å². The van der Waals surface area contributed by atoms with Crippen molar-refractivity contribution in [1.29, 1.82) is 0 Å². The highest BCUT2D eigenvalue weighted by atomic mass is 19.1. The summed E-state index contributed by atoms with van der Waals surface area (Å²) in [5.41, 5.74) is 1.94. The van der Waals surface area contributed by atoms with Crippen LogP contribution < -0.4 is 5.32 Å². The van der Waals surface area contributed by atoms with Crippen LogP contribution in [0.2, 0.25) is 0 Å². The van der Waals surface area contributed by atoms with Gasteiger partial charge in [0.2, 0.25) is 0 Å². The van der Waals surface area contributed by atoms with E-state index in [9.17, 15) is 4.39 Å². The van der Waals surface area contributed by atoms with E-state index in [4.69, 9.17) is 0 Å². The molecule has 4 heteroatoms. The van der Waals surface area contributed by atoms with Gasteiger partial charge in [0.15, 0.2) is 0 Å². The maximum Gasteiger partial charge on any atom is 0.141 e.